The number of benzene rings is 2. The summed E-state index contributed by atoms with van der Waals surface area (Å²) in [6.45, 7) is -0.127. The Hall–Kier alpha value is -2.31. The van der Waals surface area contributed by atoms with Crippen molar-refractivity contribution >= 4 is 5.97 Å². The van der Waals surface area contributed by atoms with Crippen molar-refractivity contribution in [2.75, 3.05) is 0 Å². The fraction of sp³-hybridized carbons (Fsp3) is 0.0714. The SMILES string of the molecule is NOCc1cccc(-c2ccc(F)cc2F)c1C(=O)O. The molecule has 0 atom stereocenters. The summed E-state index contributed by atoms with van der Waals surface area (Å²) in [5.41, 5.74) is 0.330. The minimum absolute atomic E-state index is 0.00247. The molecule has 6 heteroatoms. The van der Waals surface area contributed by atoms with E-state index in [1.807, 2.05) is 0 Å². The summed E-state index contributed by atoms with van der Waals surface area (Å²) >= 11 is 0. The molecule has 0 radical (unpaired) electrons. The predicted molar refractivity (Wildman–Crippen MR) is 67.7 cm³/mol. The van der Waals surface area contributed by atoms with Gasteiger partial charge < -0.3 is 5.11 Å². The van der Waals surface area contributed by atoms with Crippen LogP contribution in [0.15, 0.2) is 36.4 Å². The van der Waals surface area contributed by atoms with E-state index in [0.717, 1.165) is 6.07 Å². The molecule has 0 saturated carbocycles. The number of carboxylic acids is 1. The van der Waals surface area contributed by atoms with E-state index >= 15 is 0 Å². The Morgan fingerprint density at radius 2 is 1.95 bits per heavy atom. The molecule has 0 aromatic heterocycles. The van der Waals surface area contributed by atoms with Crippen LogP contribution in [0.1, 0.15) is 15.9 Å². The van der Waals surface area contributed by atoms with Crippen LogP contribution in [0, 0.1) is 11.6 Å². The van der Waals surface area contributed by atoms with Crippen molar-refractivity contribution in [3.05, 3.63) is 59.2 Å². The summed E-state index contributed by atoms with van der Waals surface area (Å²) in [6.07, 6.45) is 0. The summed E-state index contributed by atoms with van der Waals surface area (Å²) in [7, 11) is 0. The van der Waals surface area contributed by atoms with Crippen LogP contribution in [0.25, 0.3) is 11.1 Å². The normalized spacial score (nSPS) is 10.6. The van der Waals surface area contributed by atoms with Gasteiger partial charge in [0.15, 0.2) is 0 Å². The van der Waals surface area contributed by atoms with Crippen LogP contribution < -0.4 is 5.90 Å². The number of carbonyl (C=O) groups is 1. The summed E-state index contributed by atoms with van der Waals surface area (Å²) in [5.74, 6) is 2.15. The average molecular weight is 279 g/mol. The van der Waals surface area contributed by atoms with Crippen molar-refractivity contribution in [1.82, 2.24) is 0 Å². The molecule has 0 aliphatic rings. The third-order valence-corrected chi connectivity index (χ3v) is 2.82. The fourth-order valence-corrected chi connectivity index (χ4v) is 2.00. The van der Waals surface area contributed by atoms with Crippen LogP contribution in [0.5, 0.6) is 0 Å². The van der Waals surface area contributed by atoms with E-state index in [1.165, 1.54) is 18.2 Å². The van der Waals surface area contributed by atoms with Gasteiger partial charge in [-0.1, -0.05) is 18.2 Å². The Morgan fingerprint density at radius 3 is 2.55 bits per heavy atom. The second-order valence-corrected chi connectivity index (χ2v) is 4.08. The fourth-order valence-electron chi connectivity index (χ4n) is 2.00. The molecule has 0 aliphatic heterocycles. The number of hydrogen-bond donors (Lipinski definition) is 2. The third-order valence-electron chi connectivity index (χ3n) is 2.82. The molecule has 0 unspecified atom stereocenters. The first-order valence-electron chi connectivity index (χ1n) is 5.67. The van der Waals surface area contributed by atoms with Crippen molar-refractivity contribution in [3.63, 3.8) is 0 Å². The van der Waals surface area contributed by atoms with Gasteiger partial charge in [-0.15, -0.1) is 0 Å². The molecule has 2 aromatic rings. The standard InChI is InChI=1S/C14H11F2NO3/c15-9-4-5-10(12(16)6-9)11-3-1-2-8(7-20-17)13(11)14(18)19/h1-6H,7,17H2,(H,18,19). The van der Waals surface area contributed by atoms with E-state index < -0.39 is 17.6 Å². The van der Waals surface area contributed by atoms with Gasteiger partial charge >= 0.3 is 5.97 Å². The monoisotopic (exact) mass is 279 g/mol. The van der Waals surface area contributed by atoms with Crippen LogP contribution in [-0.4, -0.2) is 11.1 Å². The van der Waals surface area contributed by atoms with Gasteiger partial charge in [0, 0.05) is 11.6 Å². The molecule has 104 valence electrons. The Morgan fingerprint density at radius 1 is 1.20 bits per heavy atom. The summed E-state index contributed by atoms with van der Waals surface area (Å²) in [6, 6.07) is 7.47. The van der Waals surface area contributed by atoms with E-state index in [9.17, 15) is 18.7 Å². The van der Waals surface area contributed by atoms with E-state index in [0.29, 0.717) is 11.6 Å². The summed E-state index contributed by atoms with van der Waals surface area (Å²) in [4.78, 5) is 15.8. The van der Waals surface area contributed by atoms with Crippen molar-refractivity contribution in [2.45, 2.75) is 6.61 Å². The molecule has 2 rings (SSSR count). The highest BCUT2D eigenvalue weighted by Gasteiger charge is 2.19. The van der Waals surface area contributed by atoms with Gasteiger partial charge in [-0.05, 0) is 23.3 Å². The van der Waals surface area contributed by atoms with Crippen LogP contribution in [0.2, 0.25) is 0 Å². The Kier molecular flexibility index (Phi) is 4.07. The molecule has 0 heterocycles. The maximum atomic E-state index is 13.8. The summed E-state index contributed by atoms with van der Waals surface area (Å²) < 4.78 is 26.7. The smallest absolute Gasteiger partial charge is 0.336 e. The molecule has 0 fully saturated rings. The Balaban J connectivity index is 2.67. The second-order valence-electron chi connectivity index (χ2n) is 4.08. The first kappa shape index (κ1) is 14.1. The van der Waals surface area contributed by atoms with Crippen LogP contribution in [-0.2, 0) is 11.4 Å². The van der Waals surface area contributed by atoms with Gasteiger partial charge in [-0.3, -0.25) is 4.84 Å². The maximum absolute atomic E-state index is 13.8. The molecular formula is C14H11F2NO3. The number of aromatic carboxylic acids is 1. The lowest BCUT2D eigenvalue weighted by Gasteiger charge is -2.11. The second kappa shape index (κ2) is 5.77. The van der Waals surface area contributed by atoms with E-state index in [4.69, 9.17) is 5.90 Å². The number of rotatable bonds is 4. The van der Waals surface area contributed by atoms with Gasteiger partial charge in [0.25, 0.3) is 0 Å². The Labute approximate surface area is 113 Å². The lowest BCUT2D eigenvalue weighted by Crippen LogP contribution is -2.09. The molecule has 2 aromatic carbocycles. The van der Waals surface area contributed by atoms with Crippen LogP contribution in [0.3, 0.4) is 0 Å². The highest BCUT2D eigenvalue weighted by atomic mass is 19.1. The van der Waals surface area contributed by atoms with Crippen molar-refractivity contribution < 1.29 is 23.5 Å². The van der Waals surface area contributed by atoms with Crippen LogP contribution >= 0.6 is 0 Å². The third kappa shape index (κ3) is 2.66. The van der Waals surface area contributed by atoms with E-state index in [-0.39, 0.29) is 23.3 Å². The van der Waals surface area contributed by atoms with Crippen molar-refractivity contribution in [1.29, 1.82) is 0 Å². The maximum Gasteiger partial charge on any atom is 0.336 e. The van der Waals surface area contributed by atoms with E-state index in [1.54, 1.807) is 6.07 Å². The van der Waals surface area contributed by atoms with E-state index in [2.05, 4.69) is 4.84 Å². The zero-order valence-corrected chi connectivity index (χ0v) is 10.3. The number of nitrogens with two attached hydrogens (primary N) is 1. The van der Waals surface area contributed by atoms with Gasteiger partial charge in [0.2, 0.25) is 0 Å². The zero-order chi connectivity index (χ0) is 14.7. The molecule has 20 heavy (non-hydrogen) atoms. The van der Waals surface area contributed by atoms with Gasteiger partial charge in [0.05, 0.1) is 12.2 Å². The van der Waals surface area contributed by atoms with Gasteiger partial charge in [-0.2, -0.15) is 0 Å². The zero-order valence-electron chi connectivity index (χ0n) is 10.3. The Bertz CT molecular complexity index is 659. The highest BCUT2D eigenvalue weighted by Crippen LogP contribution is 2.29. The number of halogens is 2. The number of carboxylic acid groups (broad SMARTS) is 1. The van der Waals surface area contributed by atoms with Crippen molar-refractivity contribution in [3.8, 4) is 11.1 Å². The molecule has 0 aliphatic carbocycles. The molecule has 0 bridgehead atoms. The van der Waals surface area contributed by atoms with Crippen LogP contribution in [0.4, 0.5) is 8.78 Å². The first-order chi connectivity index (χ1) is 9.54. The summed E-state index contributed by atoms with van der Waals surface area (Å²) in [5, 5.41) is 9.29. The molecule has 4 nitrogen and oxygen atoms in total. The minimum atomic E-state index is -1.24. The molecular weight excluding hydrogens is 268 g/mol. The highest BCUT2D eigenvalue weighted by molar-refractivity contribution is 5.97. The lowest BCUT2D eigenvalue weighted by atomic mass is 9.95. The molecule has 0 amide bonds. The quantitative estimate of drug-likeness (QED) is 0.844. The topological polar surface area (TPSA) is 72.5 Å². The number of hydrogen-bond acceptors (Lipinski definition) is 3. The van der Waals surface area contributed by atoms with Gasteiger partial charge in [0.1, 0.15) is 11.6 Å². The minimum Gasteiger partial charge on any atom is -0.478 e. The first-order valence-corrected chi connectivity index (χ1v) is 5.67. The molecule has 3 N–H and O–H groups in total. The van der Waals surface area contributed by atoms with Gasteiger partial charge in [-0.25, -0.2) is 19.5 Å². The van der Waals surface area contributed by atoms with Crippen molar-refractivity contribution in [2.24, 2.45) is 5.90 Å². The predicted octanol–water partition coefficient (Wildman–Crippen LogP) is 2.72. The largest absolute Gasteiger partial charge is 0.478 e. The molecule has 0 spiro atoms. The average Bonchev–Trinajstić information content (AvgIpc) is 2.38. The lowest BCUT2D eigenvalue weighted by molar-refractivity contribution is 0.0688. The molecule has 0 saturated heterocycles.